The minimum Gasteiger partial charge on any atom is -0.324 e. The summed E-state index contributed by atoms with van der Waals surface area (Å²) in [7, 11) is 3.98. The van der Waals surface area contributed by atoms with Crippen LogP contribution in [0.4, 0.5) is 0 Å². The Kier molecular flexibility index (Phi) is 6.02. The van der Waals surface area contributed by atoms with Gasteiger partial charge in [0.1, 0.15) is 0 Å². The van der Waals surface area contributed by atoms with Gasteiger partial charge in [-0.2, -0.15) is 0 Å². The predicted molar refractivity (Wildman–Crippen MR) is 45.5 cm³/mol. The first kappa shape index (κ1) is 10.6. The summed E-state index contributed by atoms with van der Waals surface area (Å²) >= 11 is 0. The van der Waals surface area contributed by atoms with E-state index < -0.39 is 0 Å². The average molecular weight is 159 g/mol. The standard InChI is InChI=1S/C7H17N3O/c1-10(2)4-3-9-6-7(11)5-8/h9H,3-6,8H2,1-2H3. The van der Waals surface area contributed by atoms with Crippen molar-refractivity contribution in [1.29, 1.82) is 0 Å². The minimum atomic E-state index is 0.0590. The molecule has 0 aromatic heterocycles. The first-order chi connectivity index (χ1) is 5.16. The van der Waals surface area contributed by atoms with Gasteiger partial charge in [-0.25, -0.2) is 0 Å². The molecular weight excluding hydrogens is 142 g/mol. The molecule has 0 radical (unpaired) electrons. The topological polar surface area (TPSA) is 58.4 Å². The van der Waals surface area contributed by atoms with Crippen molar-refractivity contribution >= 4 is 5.78 Å². The number of hydrogen-bond acceptors (Lipinski definition) is 4. The quantitative estimate of drug-likeness (QED) is 0.471. The fourth-order valence-electron chi connectivity index (χ4n) is 0.603. The highest BCUT2D eigenvalue weighted by Crippen LogP contribution is 1.70. The van der Waals surface area contributed by atoms with Crippen LogP contribution in [0, 0.1) is 0 Å². The van der Waals surface area contributed by atoms with E-state index in [4.69, 9.17) is 5.73 Å². The highest BCUT2D eigenvalue weighted by Gasteiger charge is 1.96. The number of Topliss-reactive ketones (excluding diaryl/α,β-unsaturated/α-hetero) is 1. The molecule has 0 spiro atoms. The van der Waals surface area contributed by atoms with Crippen molar-refractivity contribution in [1.82, 2.24) is 10.2 Å². The molecule has 0 rings (SSSR count). The lowest BCUT2D eigenvalue weighted by Crippen LogP contribution is -2.33. The van der Waals surface area contributed by atoms with E-state index in [1.54, 1.807) is 0 Å². The van der Waals surface area contributed by atoms with Gasteiger partial charge in [0.25, 0.3) is 0 Å². The van der Waals surface area contributed by atoms with Crippen molar-refractivity contribution in [3.8, 4) is 0 Å². The van der Waals surface area contributed by atoms with E-state index in [1.807, 2.05) is 14.1 Å². The molecular formula is C7H17N3O. The van der Waals surface area contributed by atoms with Crippen LogP contribution in [-0.2, 0) is 4.79 Å². The second-order valence-electron chi connectivity index (χ2n) is 2.72. The number of ketones is 1. The van der Waals surface area contributed by atoms with Crippen LogP contribution in [0.5, 0.6) is 0 Å². The molecule has 0 bridgehead atoms. The van der Waals surface area contributed by atoms with Gasteiger partial charge >= 0.3 is 0 Å². The third kappa shape index (κ3) is 7.45. The number of rotatable bonds is 6. The number of carbonyl (C=O) groups is 1. The zero-order valence-corrected chi connectivity index (χ0v) is 7.26. The number of likely N-dealkylation sites (N-methyl/N-ethyl adjacent to an activating group) is 1. The van der Waals surface area contributed by atoms with Crippen molar-refractivity contribution in [2.45, 2.75) is 0 Å². The Bertz CT molecular complexity index is 114. The molecule has 4 heteroatoms. The van der Waals surface area contributed by atoms with Gasteiger partial charge in [-0.1, -0.05) is 0 Å². The zero-order chi connectivity index (χ0) is 8.69. The Labute approximate surface area is 67.7 Å². The van der Waals surface area contributed by atoms with Gasteiger partial charge in [0.05, 0.1) is 13.1 Å². The number of nitrogens with one attached hydrogen (secondary N) is 1. The summed E-state index contributed by atoms with van der Waals surface area (Å²) < 4.78 is 0. The van der Waals surface area contributed by atoms with Crippen molar-refractivity contribution in [3.63, 3.8) is 0 Å². The van der Waals surface area contributed by atoms with Crippen molar-refractivity contribution in [3.05, 3.63) is 0 Å². The lowest BCUT2D eigenvalue weighted by Gasteiger charge is -2.09. The van der Waals surface area contributed by atoms with E-state index in [0.29, 0.717) is 6.54 Å². The highest BCUT2D eigenvalue weighted by atomic mass is 16.1. The van der Waals surface area contributed by atoms with E-state index in [0.717, 1.165) is 13.1 Å². The van der Waals surface area contributed by atoms with Gasteiger partial charge < -0.3 is 16.0 Å². The van der Waals surface area contributed by atoms with Crippen LogP contribution in [-0.4, -0.2) is 51.0 Å². The summed E-state index contributed by atoms with van der Waals surface area (Å²) in [6, 6.07) is 0. The summed E-state index contributed by atoms with van der Waals surface area (Å²) in [5.41, 5.74) is 5.11. The second kappa shape index (κ2) is 6.27. The first-order valence-corrected chi connectivity index (χ1v) is 3.74. The summed E-state index contributed by atoms with van der Waals surface area (Å²) in [4.78, 5) is 12.7. The van der Waals surface area contributed by atoms with Crippen LogP contribution in [0.25, 0.3) is 0 Å². The predicted octanol–water partition coefficient (Wildman–Crippen LogP) is -1.33. The van der Waals surface area contributed by atoms with Gasteiger partial charge in [0, 0.05) is 13.1 Å². The van der Waals surface area contributed by atoms with E-state index in [-0.39, 0.29) is 12.3 Å². The number of nitrogens with zero attached hydrogens (tertiary/aromatic N) is 1. The van der Waals surface area contributed by atoms with Crippen LogP contribution in [0.15, 0.2) is 0 Å². The Hall–Kier alpha value is -0.450. The van der Waals surface area contributed by atoms with Gasteiger partial charge in [0.15, 0.2) is 5.78 Å². The van der Waals surface area contributed by atoms with Crippen molar-refractivity contribution < 1.29 is 4.79 Å². The molecule has 0 aliphatic carbocycles. The van der Waals surface area contributed by atoms with Crippen LogP contribution >= 0.6 is 0 Å². The summed E-state index contributed by atoms with van der Waals surface area (Å²) in [5.74, 6) is 0.0590. The van der Waals surface area contributed by atoms with Gasteiger partial charge in [0.2, 0.25) is 0 Å². The van der Waals surface area contributed by atoms with Crippen molar-refractivity contribution in [2.24, 2.45) is 5.73 Å². The summed E-state index contributed by atoms with van der Waals surface area (Å²) in [5, 5.41) is 3.00. The van der Waals surface area contributed by atoms with Crippen molar-refractivity contribution in [2.75, 3.05) is 40.3 Å². The molecule has 3 N–H and O–H groups in total. The minimum absolute atomic E-state index is 0.0590. The van der Waals surface area contributed by atoms with Gasteiger partial charge in [-0.3, -0.25) is 4.79 Å². The number of carbonyl (C=O) groups excluding carboxylic acids is 1. The summed E-state index contributed by atoms with van der Waals surface area (Å²) in [6.45, 7) is 2.30. The normalized spacial score (nSPS) is 10.5. The first-order valence-electron chi connectivity index (χ1n) is 3.74. The lowest BCUT2D eigenvalue weighted by molar-refractivity contribution is -0.116. The fourth-order valence-corrected chi connectivity index (χ4v) is 0.603. The maximum atomic E-state index is 10.7. The maximum Gasteiger partial charge on any atom is 0.160 e. The monoisotopic (exact) mass is 159 g/mol. The van der Waals surface area contributed by atoms with E-state index in [9.17, 15) is 4.79 Å². The SMILES string of the molecule is CN(C)CCNCC(=O)CN. The Morgan fingerprint density at radius 2 is 2.18 bits per heavy atom. The highest BCUT2D eigenvalue weighted by molar-refractivity contribution is 5.82. The van der Waals surface area contributed by atoms with Gasteiger partial charge in [-0.15, -0.1) is 0 Å². The molecule has 0 aromatic rings. The average Bonchev–Trinajstić information content (AvgIpc) is 1.97. The molecule has 0 fully saturated rings. The smallest absolute Gasteiger partial charge is 0.160 e. The zero-order valence-electron chi connectivity index (χ0n) is 7.26. The Morgan fingerprint density at radius 3 is 2.64 bits per heavy atom. The molecule has 66 valence electrons. The maximum absolute atomic E-state index is 10.7. The second-order valence-corrected chi connectivity index (χ2v) is 2.72. The molecule has 0 aliphatic heterocycles. The van der Waals surface area contributed by atoms with Crippen LogP contribution in [0.3, 0.4) is 0 Å². The molecule has 0 aromatic carbocycles. The summed E-state index contributed by atoms with van der Waals surface area (Å²) in [6.07, 6.45) is 0. The Morgan fingerprint density at radius 1 is 1.55 bits per heavy atom. The molecule has 0 heterocycles. The molecule has 0 atom stereocenters. The number of nitrogens with two attached hydrogens (primary N) is 1. The van der Waals surface area contributed by atoms with E-state index >= 15 is 0 Å². The molecule has 0 unspecified atom stereocenters. The van der Waals surface area contributed by atoms with Crippen LogP contribution < -0.4 is 11.1 Å². The third-order valence-electron chi connectivity index (χ3n) is 1.29. The third-order valence-corrected chi connectivity index (χ3v) is 1.29. The molecule has 0 saturated carbocycles. The molecule has 4 nitrogen and oxygen atoms in total. The van der Waals surface area contributed by atoms with E-state index in [2.05, 4.69) is 10.2 Å². The molecule has 0 saturated heterocycles. The van der Waals surface area contributed by atoms with Crippen LogP contribution in [0.1, 0.15) is 0 Å². The molecule has 11 heavy (non-hydrogen) atoms. The fraction of sp³-hybridized carbons (Fsp3) is 0.857. The molecule has 0 aliphatic rings. The number of hydrogen-bond donors (Lipinski definition) is 2. The van der Waals surface area contributed by atoms with Crippen LogP contribution in [0.2, 0.25) is 0 Å². The Balaban J connectivity index is 3.08. The molecule has 0 amide bonds. The van der Waals surface area contributed by atoms with Gasteiger partial charge in [-0.05, 0) is 14.1 Å². The largest absolute Gasteiger partial charge is 0.324 e. The lowest BCUT2D eigenvalue weighted by atomic mass is 10.4. The van der Waals surface area contributed by atoms with E-state index in [1.165, 1.54) is 0 Å².